The van der Waals surface area contributed by atoms with Gasteiger partial charge in [0, 0.05) is 66.8 Å². The molecule has 2 aromatic carbocycles. The first-order valence-corrected chi connectivity index (χ1v) is 12.9. The Labute approximate surface area is 213 Å². The van der Waals surface area contributed by atoms with E-state index in [0.29, 0.717) is 57.2 Å². The molecule has 3 aromatic rings. The minimum Gasteiger partial charge on any atom is -0.450 e. The number of fused-ring (bicyclic) bond motifs is 1. The molecule has 0 spiro atoms. The van der Waals surface area contributed by atoms with Crippen LogP contribution in [0, 0.1) is 5.82 Å². The quantitative estimate of drug-likeness (QED) is 0.467. The zero-order chi connectivity index (χ0) is 25.5. The monoisotopic (exact) mass is 512 g/mol. The fraction of sp³-hybridized carbons (Fsp3) is 0.346. The van der Waals surface area contributed by atoms with Gasteiger partial charge in [0.2, 0.25) is 5.91 Å². The lowest BCUT2D eigenvalue weighted by Gasteiger charge is -2.34. The number of piperazine rings is 1. The first-order valence-electron chi connectivity index (χ1n) is 11.9. The molecule has 1 fully saturated rings. The van der Waals surface area contributed by atoms with E-state index in [2.05, 4.69) is 9.88 Å². The predicted molar refractivity (Wildman–Crippen MR) is 137 cm³/mol. The molecular formula is C26H29FN4O4S. The van der Waals surface area contributed by atoms with E-state index in [0.717, 1.165) is 15.8 Å². The number of carbonyl (C=O) groups is 3. The van der Waals surface area contributed by atoms with Crippen molar-refractivity contribution in [2.45, 2.75) is 18.4 Å². The molecule has 190 valence electrons. The number of nitrogens with one attached hydrogen (secondary N) is 1. The third kappa shape index (κ3) is 6.17. The highest BCUT2D eigenvalue weighted by atomic mass is 32.2. The third-order valence-corrected chi connectivity index (χ3v) is 7.03. The number of para-hydroxylation sites is 1. The van der Waals surface area contributed by atoms with Gasteiger partial charge in [0.25, 0.3) is 5.91 Å². The second-order valence-electron chi connectivity index (χ2n) is 8.32. The van der Waals surface area contributed by atoms with Crippen LogP contribution in [0.2, 0.25) is 0 Å². The van der Waals surface area contributed by atoms with Crippen molar-refractivity contribution in [2.75, 3.05) is 45.1 Å². The number of amides is 3. The van der Waals surface area contributed by atoms with Gasteiger partial charge in [0.15, 0.2) is 0 Å². The van der Waals surface area contributed by atoms with Crippen molar-refractivity contribution in [3.05, 3.63) is 66.1 Å². The number of thioether (sulfide) groups is 1. The van der Waals surface area contributed by atoms with E-state index >= 15 is 0 Å². The van der Waals surface area contributed by atoms with Gasteiger partial charge in [-0.05, 0) is 37.3 Å². The maximum Gasteiger partial charge on any atom is 0.409 e. The Morgan fingerprint density at radius 2 is 1.69 bits per heavy atom. The molecule has 4 rings (SSSR count). The standard InChI is InChI=1S/C26H29FN4O4S/c1-2-35-26(34)30-15-13-29(14-16-30)24(32)18-36-23-17-31(22-6-4-3-5-21(22)23)12-11-28-25(33)19-7-9-20(27)10-8-19/h3-10,17H,2,11-16,18H2,1H3,(H,28,33). The molecule has 8 nitrogen and oxygen atoms in total. The summed E-state index contributed by atoms with van der Waals surface area (Å²) in [6.07, 6.45) is 1.67. The number of hydrogen-bond donors (Lipinski definition) is 1. The topological polar surface area (TPSA) is 83.9 Å². The Hall–Kier alpha value is -3.53. The molecule has 2 heterocycles. The fourth-order valence-corrected chi connectivity index (χ4v) is 5.08. The van der Waals surface area contributed by atoms with E-state index in [4.69, 9.17) is 4.74 Å². The number of halogens is 1. The molecule has 0 radical (unpaired) electrons. The summed E-state index contributed by atoms with van der Waals surface area (Å²) < 4.78 is 20.2. The number of benzene rings is 2. The number of hydrogen-bond acceptors (Lipinski definition) is 5. The van der Waals surface area contributed by atoms with Gasteiger partial charge in [-0.25, -0.2) is 9.18 Å². The Balaban J connectivity index is 1.32. The van der Waals surface area contributed by atoms with Crippen molar-refractivity contribution in [2.24, 2.45) is 0 Å². The molecule has 1 aliphatic heterocycles. The minimum atomic E-state index is -0.382. The Morgan fingerprint density at radius 1 is 1.00 bits per heavy atom. The smallest absolute Gasteiger partial charge is 0.409 e. The molecule has 0 saturated carbocycles. The molecule has 0 bridgehead atoms. The van der Waals surface area contributed by atoms with Crippen LogP contribution in [0.3, 0.4) is 0 Å². The summed E-state index contributed by atoms with van der Waals surface area (Å²) in [7, 11) is 0. The fourth-order valence-electron chi connectivity index (χ4n) is 4.09. The molecule has 10 heteroatoms. The minimum absolute atomic E-state index is 0.0342. The maximum atomic E-state index is 13.1. The van der Waals surface area contributed by atoms with Crippen LogP contribution >= 0.6 is 11.8 Å². The van der Waals surface area contributed by atoms with Crippen LogP contribution in [0.1, 0.15) is 17.3 Å². The second-order valence-corrected chi connectivity index (χ2v) is 9.34. The SMILES string of the molecule is CCOC(=O)N1CCN(C(=O)CSc2cn(CCNC(=O)c3ccc(F)cc3)c3ccccc23)CC1. The van der Waals surface area contributed by atoms with Crippen molar-refractivity contribution in [1.29, 1.82) is 0 Å². The van der Waals surface area contributed by atoms with Crippen LogP contribution in [0.4, 0.5) is 9.18 Å². The average Bonchev–Trinajstić information content (AvgIpc) is 3.25. The molecule has 3 amide bonds. The van der Waals surface area contributed by atoms with Crippen LogP contribution in [-0.4, -0.2) is 77.4 Å². The highest BCUT2D eigenvalue weighted by Gasteiger charge is 2.25. The first kappa shape index (κ1) is 25.6. The van der Waals surface area contributed by atoms with E-state index in [-0.39, 0.29) is 23.7 Å². The summed E-state index contributed by atoms with van der Waals surface area (Å²) in [4.78, 5) is 41.4. The molecule has 0 atom stereocenters. The van der Waals surface area contributed by atoms with Crippen molar-refractivity contribution in [1.82, 2.24) is 19.7 Å². The molecule has 1 N–H and O–H groups in total. The zero-order valence-electron chi connectivity index (χ0n) is 20.1. The lowest BCUT2D eigenvalue weighted by Crippen LogP contribution is -2.51. The van der Waals surface area contributed by atoms with E-state index < -0.39 is 0 Å². The van der Waals surface area contributed by atoms with Gasteiger partial charge < -0.3 is 24.4 Å². The van der Waals surface area contributed by atoms with Crippen molar-refractivity contribution >= 4 is 40.6 Å². The lowest BCUT2D eigenvalue weighted by molar-refractivity contribution is -0.129. The van der Waals surface area contributed by atoms with Crippen molar-refractivity contribution in [3.8, 4) is 0 Å². The van der Waals surface area contributed by atoms with Gasteiger partial charge in [-0.1, -0.05) is 18.2 Å². The number of ether oxygens (including phenoxy) is 1. The van der Waals surface area contributed by atoms with E-state index in [9.17, 15) is 18.8 Å². The summed E-state index contributed by atoms with van der Waals surface area (Å²) >= 11 is 1.49. The Morgan fingerprint density at radius 3 is 2.42 bits per heavy atom. The summed E-state index contributed by atoms with van der Waals surface area (Å²) in [5.41, 5.74) is 1.43. The van der Waals surface area contributed by atoms with Gasteiger partial charge in [0.1, 0.15) is 5.82 Å². The summed E-state index contributed by atoms with van der Waals surface area (Å²) in [6, 6.07) is 13.4. The lowest BCUT2D eigenvalue weighted by atomic mass is 10.2. The molecule has 0 unspecified atom stereocenters. The van der Waals surface area contributed by atoms with Crippen molar-refractivity contribution < 1.29 is 23.5 Å². The average molecular weight is 513 g/mol. The highest BCUT2D eigenvalue weighted by Crippen LogP contribution is 2.30. The summed E-state index contributed by atoms with van der Waals surface area (Å²) in [5, 5.41) is 3.92. The van der Waals surface area contributed by atoms with E-state index in [1.807, 2.05) is 30.5 Å². The van der Waals surface area contributed by atoms with Gasteiger partial charge in [0.05, 0.1) is 12.4 Å². The molecule has 36 heavy (non-hydrogen) atoms. The summed E-state index contributed by atoms with van der Waals surface area (Å²) in [5.74, 6) is -0.302. The normalized spacial score (nSPS) is 13.6. The molecule has 1 aliphatic rings. The predicted octanol–water partition coefficient (Wildman–Crippen LogP) is 3.60. The van der Waals surface area contributed by atoms with E-state index in [1.165, 1.54) is 36.0 Å². The van der Waals surface area contributed by atoms with Crippen LogP contribution in [0.25, 0.3) is 10.9 Å². The third-order valence-electron chi connectivity index (χ3n) is 6.01. The highest BCUT2D eigenvalue weighted by molar-refractivity contribution is 8.00. The number of nitrogens with zero attached hydrogens (tertiary/aromatic N) is 3. The van der Waals surface area contributed by atoms with Crippen LogP contribution in [0.5, 0.6) is 0 Å². The zero-order valence-corrected chi connectivity index (χ0v) is 20.9. The first-order chi connectivity index (χ1) is 17.5. The number of rotatable bonds is 8. The molecule has 0 aliphatic carbocycles. The van der Waals surface area contributed by atoms with Crippen LogP contribution in [-0.2, 0) is 16.1 Å². The maximum absolute atomic E-state index is 13.1. The van der Waals surface area contributed by atoms with Crippen LogP contribution < -0.4 is 5.32 Å². The number of aromatic nitrogens is 1. The van der Waals surface area contributed by atoms with Gasteiger partial charge >= 0.3 is 6.09 Å². The van der Waals surface area contributed by atoms with Gasteiger partial charge in [-0.3, -0.25) is 9.59 Å². The Bertz CT molecular complexity index is 1220. The number of carbonyl (C=O) groups excluding carboxylic acids is 3. The van der Waals surface area contributed by atoms with Crippen molar-refractivity contribution in [3.63, 3.8) is 0 Å². The largest absolute Gasteiger partial charge is 0.450 e. The van der Waals surface area contributed by atoms with Gasteiger partial charge in [-0.15, -0.1) is 11.8 Å². The van der Waals surface area contributed by atoms with Gasteiger partial charge in [-0.2, -0.15) is 0 Å². The molecule has 1 aromatic heterocycles. The molecule has 1 saturated heterocycles. The van der Waals surface area contributed by atoms with Crippen LogP contribution in [0.15, 0.2) is 59.6 Å². The Kier molecular flexibility index (Phi) is 8.48. The molecular weight excluding hydrogens is 483 g/mol. The van der Waals surface area contributed by atoms with E-state index in [1.54, 1.807) is 16.7 Å². The summed E-state index contributed by atoms with van der Waals surface area (Å²) in [6.45, 7) is 5.00. The second kappa shape index (κ2) is 11.9.